The summed E-state index contributed by atoms with van der Waals surface area (Å²) in [6, 6.07) is 0. The van der Waals surface area contributed by atoms with Crippen molar-refractivity contribution in [2.45, 2.75) is 24.6 Å². The predicted molar refractivity (Wildman–Crippen MR) is 64.6 cm³/mol. The van der Waals surface area contributed by atoms with Gasteiger partial charge in [0.2, 0.25) is 0 Å². The maximum atomic E-state index is 8.60. The minimum absolute atomic E-state index is 0.265. The van der Waals surface area contributed by atoms with Gasteiger partial charge in [0.1, 0.15) is 10.2 Å². The van der Waals surface area contributed by atoms with E-state index in [1.165, 1.54) is 0 Å². The van der Waals surface area contributed by atoms with Crippen LogP contribution >= 0.6 is 23.1 Å². The molecule has 6 heteroatoms. The van der Waals surface area contributed by atoms with Gasteiger partial charge in [-0.15, -0.1) is 11.3 Å². The molecule has 0 bridgehead atoms. The summed E-state index contributed by atoms with van der Waals surface area (Å²) in [5, 5.41) is 13.6. The van der Waals surface area contributed by atoms with Crippen LogP contribution in [0.1, 0.15) is 20.3 Å². The Labute approximate surface area is 97.6 Å². The predicted octanol–water partition coefficient (Wildman–Crippen LogP) is 2.40. The summed E-state index contributed by atoms with van der Waals surface area (Å²) < 4.78 is 1.06. The van der Waals surface area contributed by atoms with E-state index in [-0.39, 0.29) is 11.3 Å². The first kappa shape index (κ1) is 12.3. The SMILES string of the molecule is CC(C)(CCSc1nccs1)C(N)=NO. The molecule has 0 unspecified atom stereocenters. The number of rotatable bonds is 5. The number of hydrogen-bond donors (Lipinski definition) is 2. The van der Waals surface area contributed by atoms with E-state index in [9.17, 15) is 0 Å². The van der Waals surface area contributed by atoms with Gasteiger partial charge in [-0.2, -0.15) is 0 Å². The highest BCUT2D eigenvalue weighted by Crippen LogP contribution is 2.27. The maximum Gasteiger partial charge on any atom is 0.149 e. The van der Waals surface area contributed by atoms with Crippen LogP contribution in [0.4, 0.5) is 0 Å². The fourth-order valence-electron chi connectivity index (χ4n) is 0.939. The number of amidine groups is 1. The number of nitrogens with zero attached hydrogens (tertiary/aromatic N) is 2. The molecular weight excluding hydrogens is 230 g/mol. The molecule has 0 radical (unpaired) electrons. The maximum absolute atomic E-state index is 8.60. The van der Waals surface area contributed by atoms with Crippen LogP contribution in [-0.2, 0) is 0 Å². The number of hydrogen-bond acceptors (Lipinski definition) is 5. The molecule has 1 heterocycles. The van der Waals surface area contributed by atoms with E-state index in [2.05, 4.69) is 10.1 Å². The van der Waals surface area contributed by atoms with Crippen molar-refractivity contribution in [2.75, 3.05) is 5.75 Å². The van der Waals surface area contributed by atoms with Gasteiger partial charge < -0.3 is 10.9 Å². The molecule has 0 aliphatic heterocycles. The Hall–Kier alpha value is -0.750. The van der Waals surface area contributed by atoms with Crippen LogP contribution in [0.2, 0.25) is 0 Å². The smallest absolute Gasteiger partial charge is 0.149 e. The van der Waals surface area contributed by atoms with Gasteiger partial charge in [0, 0.05) is 22.7 Å². The number of thioether (sulfide) groups is 1. The highest BCUT2D eigenvalue weighted by molar-refractivity contribution is 8.00. The molecule has 1 aromatic heterocycles. The Balaban J connectivity index is 2.37. The Kier molecular flexibility index (Phi) is 4.41. The fourth-order valence-corrected chi connectivity index (χ4v) is 2.91. The average molecular weight is 245 g/mol. The first-order valence-corrected chi connectivity index (χ1v) is 6.43. The summed E-state index contributed by atoms with van der Waals surface area (Å²) >= 11 is 3.33. The highest BCUT2D eigenvalue weighted by atomic mass is 32.2. The largest absolute Gasteiger partial charge is 0.409 e. The molecule has 84 valence electrons. The second-order valence-electron chi connectivity index (χ2n) is 3.77. The van der Waals surface area contributed by atoms with Crippen molar-refractivity contribution in [3.05, 3.63) is 11.6 Å². The third kappa shape index (κ3) is 3.71. The van der Waals surface area contributed by atoms with Crippen molar-refractivity contribution in [1.29, 1.82) is 0 Å². The molecule has 0 aromatic carbocycles. The van der Waals surface area contributed by atoms with Crippen molar-refractivity contribution in [3.8, 4) is 0 Å². The number of oxime groups is 1. The molecule has 0 saturated carbocycles. The molecule has 3 N–H and O–H groups in total. The van der Waals surface area contributed by atoms with E-state index in [0.717, 1.165) is 16.5 Å². The summed E-state index contributed by atoms with van der Waals surface area (Å²) in [5.41, 5.74) is 5.32. The summed E-state index contributed by atoms with van der Waals surface area (Å²) in [4.78, 5) is 4.17. The number of thiazole rings is 1. The lowest BCUT2D eigenvalue weighted by atomic mass is 9.89. The third-order valence-electron chi connectivity index (χ3n) is 2.16. The second-order valence-corrected chi connectivity index (χ2v) is 6.00. The van der Waals surface area contributed by atoms with Crippen LogP contribution in [0, 0.1) is 5.41 Å². The first-order chi connectivity index (χ1) is 7.06. The molecule has 1 aromatic rings. The minimum atomic E-state index is -0.265. The van der Waals surface area contributed by atoms with E-state index in [1.54, 1.807) is 29.3 Å². The molecule has 1 rings (SSSR count). The standard InChI is InChI=1S/C9H15N3OS2/c1-9(2,7(10)12-13)3-5-14-8-11-4-6-15-8/h4,6,13H,3,5H2,1-2H3,(H2,10,12). The van der Waals surface area contributed by atoms with Crippen molar-refractivity contribution < 1.29 is 5.21 Å². The zero-order valence-electron chi connectivity index (χ0n) is 8.80. The van der Waals surface area contributed by atoms with E-state index < -0.39 is 0 Å². The van der Waals surface area contributed by atoms with Crippen LogP contribution in [-0.4, -0.2) is 21.8 Å². The molecule has 4 nitrogen and oxygen atoms in total. The average Bonchev–Trinajstić information content (AvgIpc) is 2.69. The zero-order valence-corrected chi connectivity index (χ0v) is 10.4. The second kappa shape index (κ2) is 5.37. The molecule has 0 amide bonds. The van der Waals surface area contributed by atoms with Gasteiger partial charge in [0.15, 0.2) is 0 Å². The summed E-state index contributed by atoms with van der Waals surface area (Å²) in [7, 11) is 0. The van der Waals surface area contributed by atoms with Gasteiger partial charge in [0.05, 0.1) is 0 Å². The topological polar surface area (TPSA) is 71.5 Å². The fraction of sp³-hybridized carbons (Fsp3) is 0.556. The van der Waals surface area contributed by atoms with Crippen LogP contribution in [0.3, 0.4) is 0 Å². The van der Waals surface area contributed by atoms with Crippen molar-refractivity contribution in [3.63, 3.8) is 0 Å². The van der Waals surface area contributed by atoms with Gasteiger partial charge in [-0.05, 0) is 6.42 Å². The molecule has 15 heavy (non-hydrogen) atoms. The van der Waals surface area contributed by atoms with Crippen molar-refractivity contribution in [2.24, 2.45) is 16.3 Å². The summed E-state index contributed by atoms with van der Waals surface area (Å²) in [5.74, 6) is 1.19. The van der Waals surface area contributed by atoms with Crippen LogP contribution in [0.5, 0.6) is 0 Å². The summed E-state index contributed by atoms with van der Waals surface area (Å²) in [6.07, 6.45) is 2.65. The monoisotopic (exact) mass is 245 g/mol. The quantitative estimate of drug-likeness (QED) is 0.275. The van der Waals surface area contributed by atoms with Crippen LogP contribution < -0.4 is 5.73 Å². The Morgan fingerprint density at radius 2 is 2.47 bits per heavy atom. The molecular formula is C9H15N3OS2. The van der Waals surface area contributed by atoms with E-state index in [1.807, 2.05) is 19.2 Å². The lowest BCUT2D eigenvalue weighted by Crippen LogP contribution is -2.32. The van der Waals surface area contributed by atoms with Crippen LogP contribution in [0.25, 0.3) is 0 Å². The molecule has 0 aliphatic rings. The lowest BCUT2D eigenvalue weighted by Gasteiger charge is -2.21. The van der Waals surface area contributed by atoms with Crippen molar-refractivity contribution in [1.82, 2.24) is 4.98 Å². The van der Waals surface area contributed by atoms with Gasteiger partial charge in [-0.1, -0.05) is 30.8 Å². The molecule has 0 fully saturated rings. The normalized spacial score (nSPS) is 13.1. The van der Waals surface area contributed by atoms with E-state index in [0.29, 0.717) is 0 Å². The number of aromatic nitrogens is 1. The zero-order chi connectivity index (χ0) is 11.3. The molecule has 0 aliphatic carbocycles. The summed E-state index contributed by atoms with van der Waals surface area (Å²) in [6.45, 7) is 3.93. The minimum Gasteiger partial charge on any atom is -0.409 e. The van der Waals surface area contributed by atoms with E-state index in [4.69, 9.17) is 10.9 Å². The Bertz CT molecular complexity index is 322. The molecule has 0 atom stereocenters. The first-order valence-electron chi connectivity index (χ1n) is 4.56. The Morgan fingerprint density at radius 1 is 1.73 bits per heavy atom. The van der Waals surface area contributed by atoms with Gasteiger partial charge in [-0.3, -0.25) is 0 Å². The molecule has 0 spiro atoms. The molecule has 0 saturated heterocycles. The van der Waals surface area contributed by atoms with Gasteiger partial charge >= 0.3 is 0 Å². The highest BCUT2D eigenvalue weighted by Gasteiger charge is 2.23. The Morgan fingerprint density at radius 3 is 3.00 bits per heavy atom. The third-order valence-corrected chi connectivity index (χ3v) is 4.13. The van der Waals surface area contributed by atoms with Crippen molar-refractivity contribution >= 4 is 28.9 Å². The van der Waals surface area contributed by atoms with Gasteiger partial charge in [-0.25, -0.2) is 4.98 Å². The lowest BCUT2D eigenvalue weighted by molar-refractivity contribution is 0.307. The van der Waals surface area contributed by atoms with Gasteiger partial charge in [0.25, 0.3) is 0 Å². The van der Waals surface area contributed by atoms with Crippen LogP contribution in [0.15, 0.2) is 21.1 Å². The number of nitrogens with two attached hydrogens (primary N) is 1. The van der Waals surface area contributed by atoms with E-state index >= 15 is 0 Å².